The number of benzene rings is 4. The van der Waals surface area contributed by atoms with Crippen molar-refractivity contribution in [2.24, 2.45) is 0 Å². The second-order valence-corrected chi connectivity index (χ2v) is 10.5. The van der Waals surface area contributed by atoms with Gasteiger partial charge in [-0.1, -0.05) is 109 Å². The van der Waals surface area contributed by atoms with E-state index in [-0.39, 0.29) is 30.7 Å². The highest BCUT2D eigenvalue weighted by molar-refractivity contribution is 5.85. The molecule has 4 aromatic rings. The van der Waals surface area contributed by atoms with Crippen molar-refractivity contribution in [3.05, 3.63) is 131 Å². The van der Waals surface area contributed by atoms with Crippen LogP contribution in [0.15, 0.2) is 109 Å². The average molecular weight is 548 g/mol. The second kappa shape index (κ2) is 12.0. The first kappa shape index (κ1) is 26.7. The molecule has 2 aliphatic rings. The van der Waals surface area contributed by atoms with Crippen molar-refractivity contribution in [3.63, 3.8) is 0 Å². The van der Waals surface area contributed by atoms with Gasteiger partial charge in [0.05, 0.1) is 6.54 Å². The number of amides is 2. The summed E-state index contributed by atoms with van der Waals surface area (Å²) < 4.78 is 5.64. The van der Waals surface area contributed by atoms with Gasteiger partial charge in [0.2, 0.25) is 5.91 Å². The van der Waals surface area contributed by atoms with Crippen LogP contribution in [-0.2, 0) is 20.9 Å². The predicted molar refractivity (Wildman–Crippen MR) is 156 cm³/mol. The summed E-state index contributed by atoms with van der Waals surface area (Å²) in [7, 11) is 0. The van der Waals surface area contributed by atoms with Crippen molar-refractivity contribution in [2.45, 2.75) is 44.1 Å². The molecule has 3 atom stereocenters. The van der Waals surface area contributed by atoms with E-state index in [2.05, 4.69) is 34.9 Å². The molecular formula is C34H33N3O4. The maximum Gasteiger partial charge on any atom is 0.407 e. The number of nitrogens with one attached hydrogen (secondary N) is 2. The molecule has 1 heterocycles. The second-order valence-electron chi connectivity index (χ2n) is 10.5. The molecule has 1 aliphatic heterocycles. The SMILES string of the molecule is C[C@H](NC(=O)OCC1c2ccccc2-c2ccccc21)C(=O)N[C@@H]1C[C@H](c2ccccc2)ON1Cc1ccccc1. The van der Waals surface area contributed by atoms with Gasteiger partial charge in [-0.2, -0.15) is 5.06 Å². The van der Waals surface area contributed by atoms with E-state index in [1.54, 1.807) is 6.92 Å². The molecule has 0 spiro atoms. The fraction of sp³-hybridized carbons (Fsp3) is 0.235. The third-order valence-electron chi connectivity index (χ3n) is 7.78. The van der Waals surface area contributed by atoms with Crippen LogP contribution in [0.2, 0.25) is 0 Å². The monoisotopic (exact) mass is 547 g/mol. The van der Waals surface area contributed by atoms with Gasteiger partial charge in [-0.3, -0.25) is 9.63 Å². The summed E-state index contributed by atoms with van der Waals surface area (Å²) in [6, 6.07) is 35.5. The van der Waals surface area contributed by atoms with E-state index in [4.69, 9.17) is 9.57 Å². The number of rotatable bonds is 8. The number of carbonyl (C=O) groups excluding carboxylic acids is 2. The molecule has 7 heteroatoms. The third-order valence-corrected chi connectivity index (χ3v) is 7.78. The van der Waals surface area contributed by atoms with Crippen LogP contribution < -0.4 is 10.6 Å². The van der Waals surface area contributed by atoms with Gasteiger partial charge in [-0.05, 0) is 40.3 Å². The van der Waals surface area contributed by atoms with Crippen LogP contribution in [0, 0.1) is 0 Å². The summed E-state index contributed by atoms with van der Waals surface area (Å²) in [5.41, 5.74) is 6.73. The van der Waals surface area contributed by atoms with E-state index in [1.807, 2.05) is 90.0 Å². The number of hydroxylamine groups is 2. The molecule has 1 fully saturated rings. The molecule has 41 heavy (non-hydrogen) atoms. The standard InChI is InChI=1S/C34H33N3O4/c1-23(35-34(39)40-22-30-28-18-10-8-16-26(28)27-17-9-11-19-29(27)30)33(38)36-32-20-31(25-14-6-3-7-15-25)41-37(32)21-24-12-4-2-5-13-24/h2-19,23,30-32H,20-22H2,1H3,(H,35,39)(H,36,38)/t23-,31+,32-/m0/s1. The van der Waals surface area contributed by atoms with Crippen molar-refractivity contribution in [3.8, 4) is 11.1 Å². The van der Waals surface area contributed by atoms with Gasteiger partial charge in [0.15, 0.2) is 0 Å². The van der Waals surface area contributed by atoms with Gasteiger partial charge in [-0.25, -0.2) is 4.79 Å². The maximum atomic E-state index is 13.2. The summed E-state index contributed by atoms with van der Waals surface area (Å²) in [5, 5.41) is 7.58. The number of alkyl carbamates (subject to hydrolysis) is 1. The van der Waals surface area contributed by atoms with Crippen LogP contribution >= 0.6 is 0 Å². The number of carbonyl (C=O) groups is 2. The molecular weight excluding hydrogens is 514 g/mol. The van der Waals surface area contributed by atoms with Crippen LogP contribution in [0.25, 0.3) is 11.1 Å². The molecule has 6 rings (SSSR count). The topological polar surface area (TPSA) is 79.9 Å². The lowest BCUT2D eigenvalue weighted by Gasteiger charge is -2.25. The summed E-state index contributed by atoms with van der Waals surface area (Å²) in [6.45, 7) is 2.36. The Labute approximate surface area is 240 Å². The summed E-state index contributed by atoms with van der Waals surface area (Å²) in [6.07, 6.45) is -0.587. The van der Waals surface area contributed by atoms with E-state index in [1.165, 1.54) is 0 Å². The number of ether oxygens (including phenoxy) is 1. The molecule has 2 N–H and O–H groups in total. The van der Waals surface area contributed by atoms with Gasteiger partial charge in [0, 0.05) is 12.3 Å². The Kier molecular flexibility index (Phi) is 7.80. The molecule has 0 unspecified atom stereocenters. The Hall–Kier alpha value is -4.46. The lowest BCUT2D eigenvalue weighted by molar-refractivity contribution is -0.177. The van der Waals surface area contributed by atoms with E-state index in [0.29, 0.717) is 13.0 Å². The zero-order valence-corrected chi connectivity index (χ0v) is 22.9. The zero-order valence-electron chi connectivity index (χ0n) is 22.9. The number of nitrogens with zero attached hydrogens (tertiary/aromatic N) is 1. The number of hydrogen-bond acceptors (Lipinski definition) is 5. The van der Waals surface area contributed by atoms with Gasteiger partial charge >= 0.3 is 6.09 Å². The molecule has 208 valence electrons. The molecule has 0 radical (unpaired) electrons. The highest BCUT2D eigenvalue weighted by Gasteiger charge is 2.36. The fourth-order valence-corrected chi connectivity index (χ4v) is 5.68. The Morgan fingerprint density at radius 1 is 0.854 bits per heavy atom. The van der Waals surface area contributed by atoms with Crippen molar-refractivity contribution in [1.29, 1.82) is 0 Å². The van der Waals surface area contributed by atoms with Crippen molar-refractivity contribution >= 4 is 12.0 Å². The maximum absolute atomic E-state index is 13.2. The molecule has 1 saturated heterocycles. The molecule has 2 amide bonds. The van der Waals surface area contributed by atoms with E-state index in [0.717, 1.165) is 33.4 Å². The lowest BCUT2D eigenvalue weighted by Crippen LogP contribution is -2.51. The summed E-state index contributed by atoms with van der Waals surface area (Å²) in [4.78, 5) is 32.3. The van der Waals surface area contributed by atoms with E-state index in [9.17, 15) is 9.59 Å². The predicted octanol–water partition coefficient (Wildman–Crippen LogP) is 5.93. The van der Waals surface area contributed by atoms with Crippen LogP contribution in [0.4, 0.5) is 4.79 Å². The molecule has 0 saturated carbocycles. The molecule has 4 aromatic carbocycles. The van der Waals surface area contributed by atoms with Crippen molar-refractivity contribution in [1.82, 2.24) is 15.7 Å². The van der Waals surface area contributed by atoms with Crippen molar-refractivity contribution < 1.29 is 19.2 Å². The molecule has 1 aliphatic carbocycles. The minimum atomic E-state index is -0.792. The van der Waals surface area contributed by atoms with Gasteiger partial charge < -0.3 is 15.4 Å². The number of hydrogen-bond donors (Lipinski definition) is 2. The first-order chi connectivity index (χ1) is 20.1. The van der Waals surface area contributed by atoms with E-state index < -0.39 is 12.1 Å². The lowest BCUT2D eigenvalue weighted by atomic mass is 9.98. The van der Waals surface area contributed by atoms with Gasteiger partial charge in [0.25, 0.3) is 0 Å². The molecule has 7 nitrogen and oxygen atoms in total. The fourth-order valence-electron chi connectivity index (χ4n) is 5.68. The Bertz CT molecular complexity index is 1470. The third kappa shape index (κ3) is 5.87. The highest BCUT2D eigenvalue weighted by Crippen LogP contribution is 2.44. The zero-order chi connectivity index (χ0) is 28.2. The highest BCUT2D eigenvalue weighted by atomic mass is 16.7. The first-order valence-corrected chi connectivity index (χ1v) is 14.0. The van der Waals surface area contributed by atoms with Crippen LogP contribution in [0.3, 0.4) is 0 Å². The minimum Gasteiger partial charge on any atom is -0.449 e. The first-order valence-electron chi connectivity index (χ1n) is 14.0. The largest absolute Gasteiger partial charge is 0.449 e. The minimum absolute atomic E-state index is 0.0469. The molecule has 0 bridgehead atoms. The van der Waals surface area contributed by atoms with Crippen LogP contribution in [-0.4, -0.2) is 35.9 Å². The summed E-state index contributed by atoms with van der Waals surface area (Å²) >= 11 is 0. The van der Waals surface area contributed by atoms with E-state index >= 15 is 0 Å². The van der Waals surface area contributed by atoms with Gasteiger partial charge in [0.1, 0.15) is 24.9 Å². The summed E-state index contributed by atoms with van der Waals surface area (Å²) in [5.74, 6) is -0.353. The Balaban J connectivity index is 1.07. The number of fused-ring (bicyclic) bond motifs is 3. The quantitative estimate of drug-likeness (QED) is 0.286. The van der Waals surface area contributed by atoms with Crippen LogP contribution in [0.1, 0.15) is 47.6 Å². The molecule has 0 aromatic heterocycles. The Morgan fingerprint density at radius 2 is 1.44 bits per heavy atom. The van der Waals surface area contributed by atoms with Crippen LogP contribution in [0.5, 0.6) is 0 Å². The van der Waals surface area contributed by atoms with Gasteiger partial charge in [-0.15, -0.1) is 0 Å². The smallest absolute Gasteiger partial charge is 0.407 e. The normalized spacial score (nSPS) is 18.8. The van der Waals surface area contributed by atoms with Crippen molar-refractivity contribution in [2.75, 3.05) is 6.61 Å². The average Bonchev–Trinajstić information content (AvgIpc) is 3.55. The Morgan fingerprint density at radius 3 is 2.10 bits per heavy atom.